The second kappa shape index (κ2) is 7.60. The first-order valence-corrected chi connectivity index (χ1v) is 5.88. The Morgan fingerprint density at radius 2 is 2.27 bits per heavy atom. The molecule has 1 rings (SSSR count). The number of Topliss-reactive ketones (excluding diaryl/α,β-unsaturated/α-hetero) is 1. The number of rotatable bonds is 6. The van der Waals surface area contributed by atoms with E-state index >= 15 is 0 Å². The van der Waals surface area contributed by atoms with E-state index in [-0.39, 0.29) is 0 Å². The van der Waals surface area contributed by atoms with Crippen molar-refractivity contribution in [2.45, 2.75) is 25.7 Å². The zero-order valence-electron chi connectivity index (χ0n) is 9.50. The van der Waals surface area contributed by atoms with Crippen LogP contribution < -0.4 is 5.32 Å². The zero-order chi connectivity index (χ0) is 10.9. The van der Waals surface area contributed by atoms with Crippen LogP contribution in [-0.4, -0.2) is 43.4 Å². The SMILES string of the molecule is C=CCCCC(=O)CN1CCCNCC1. The highest BCUT2D eigenvalue weighted by molar-refractivity contribution is 5.80. The summed E-state index contributed by atoms with van der Waals surface area (Å²) < 4.78 is 0. The number of ketones is 1. The van der Waals surface area contributed by atoms with Crippen LogP contribution in [0.3, 0.4) is 0 Å². The highest BCUT2D eigenvalue weighted by atomic mass is 16.1. The molecule has 0 aromatic heterocycles. The summed E-state index contributed by atoms with van der Waals surface area (Å²) in [5, 5.41) is 3.34. The van der Waals surface area contributed by atoms with Gasteiger partial charge in [-0.3, -0.25) is 9.69 Å². The van der Waals surface area contributed by atoms with Crippen LogP contribution in [0.4, 0.5) is 0 Å². The molecule has 86 valence electrons. The Hall–Kier alpha value is -0.670. The summed E-state index contributed by atoms with van der Waals surface area (Å²) >= 11 is 0. The lowest BCUT2D eigenvalue weighted by Gasteiger charge is -2.18. The number of nitrogens with one attached hydrogen (secondary N) is 1. The Morgan fingerprint density at radius 1 is 1.40 bits per heavy atom. The summed E-state index contributed by atoms with van der Waals surface area (Å²) in [6.45, 7) is 8.45. The number of hydrogen-bond donors (Lipinski definition) is 1. The fourth-order valence-electron chi connectivity index (χ4n) is 1.83. The molecule has 0 atom stereocenters. The third-order valence-electron chi connectivity index (χ3n) is 2.70. The second-order valence-corrected chi connectivity index (χ2v) is 4.10. The van der Waals surface area contributed by atoms with Gasteiger partial charge in [0.25, 0.3) is 0 Å². The van der Waals surface area contributed by atoms with Crippen LogP contribution in [0.1, 0.15) is 25.7 Å². The van der Waals surface area contributed by atoms with Gasteiger partial charge in [-0.1, -0.05) is 6.08 Å². The van der Waals surface area contributed by atoms with Crippen molar-refractivity contribution in [3.05, 3.63) is 12.7 Å². The van der Waals surface area contributed by atoms with Crippen molar-refractivity contribution in [3.8, 4) is 0 Å². The second-order valence-electron chi connectivity index (χ2n) is 4.10. The number of carbonyl (C=O) groups is 1. The molecule has 0 amide bonds. The molecule has 1 heterocycles. The van der Waals surface area contributed by atoms with E-state index in [0.717, 1.165) is 45.4 Å². The Morgan fingerprint density at radius 3 is 3.07 bits per heavy atom. The van der Waals surface area contributed by atoms with Gasteiger partial charge >= 0.3 is 0 Å². The van der Waals surface area contributed by atoms with Gasteiger partial charge in [0.15, 0.2) is 0 Å². The maximum Gasteiger partial charge on any atom is 0.146 e. The average molecular weight is 210 g/mol. The molecule has 0 spiro atoms. The van der Waals surface area contributed by atoms with E-state index in [4.69, 9.17) is 0 Å². The standard InChI is InChI=1S/C12H22N2O/c1-2-3-4-6-12(15)11-14-9-5-7-13-8-10-14/h2,13H,1,3-11H2. The van der Waals surface area contributed by atoms with Crippen LogP contribution in [0.15, 0.2) is 12.7 Å². The zero-order valence-corrected chi connectivity index (χ0v) is 9.50. The first kappa shape index (κ1) is 12.4. The largest absolute Gasteiger partial charge is 0.315 e. The Balaban J connectivity index is 2.14. The Labute approximate surface area is 92.5 Å². The van der Waals surface area contributed by atoms with Crippen molar-refractivity contribution in [3.63, 3.8) is 0 Å². The van der Waals surface area contributed by atoms with E-state index in [0.29, 0.717) is 18.7 Å². The van der Waals surface area contributed by atoms with E-state index in [1.807, 2.05) is 6.08 Å². The molecule has 3 heteroatoms. The van der Waals surface area contributed by atoms with Crippen molar-refractivity contribution < 1.29 is 4.79 Å². The molecule has 15 heavy (non-hydrogen) atoms. The van der Waals surface area contributed by atoms with Gasteiger partial charge in [0.1, 0.15) is 5.78 Å². The molecule has 0 radical (unpaired) electrons. The molecule has 0 saturated carbocycles. The van der Waals surface area contributed by atoms with E-state index in [1.165, 1.54) is 0 Å². The third kappa shape index (κ3) is 5.70. The smallest absolute Gasteiger partial charge is 0.146 e. The molecule has 1 fully saturated rings. The molecular weight excluding hydrogens is 188 g/mol. The van der Waals surface area contributed by atoms with Gasteiger partial charge in [0.2, 0.25) is 0 Å². The minimum absolute atomic E-state index is 0.374. The number of hydrogen-bond acceptors (Lipinski definition) is 3. The van der Waals surface area contributed by atoms with Gasteiger partial charge in [0.05, 0.1) is 6.54 Å². The lowest BCUT2D eigenvalue weighted by atomic mass is 10.1. The first-order chi connectivity index (χ1) is 7.33. The molecule has 1 aliphatic heterocycles. The van der Waals surface area contributed by atoms with Crippen molar-refractivity contribution in [2.75, 3.05) is 32.7 Å². The van der Waals surface area contributed by atoms with Crippen molar-refractivity contribution in [1.82, 2.24) is 10.2 Å². The maximum atomic E-state index is 11.6. The lowest BCUT2D eigenvalue weighted by Crippen LogP contribution is -2.33. The van der Waals surface area contributed by atoms with Gasteiger partial charge in [-0.15, -0.1) is 6.58 Å². The number of unbranched alkanes of at least 4 members (excludes halogenated alkanes) is 1. The summed E-state index contributed by atoms with van der Waals surface area (Å²) in [7, 11) is 0. The quantitative estimate of drug-likeness (QED) is 0.528. The summed E-state index contributed by atoms with van der Waals surface area (Å²) in [6, 6.07) is 0. The minimum Gasteiger partial charge on any atom is -0.315 e. The molecule has 1 aliphatic rings. The average Bonchev–Trinajstić information content (AvgIpc) is 2.47. The van der Waals surface area contributed by atoms with Gasteiger partial charge in [-0.05, 0) is 32.4 Å². The Bertz CT molecular complexity index is 196. The number of nitrogens with zero attached hydrogens (tertiary/aromatic N) is 1. The molecule has 0 bridgehead atoms. The monoisotopic (exact) mass is 210 g/mol. The summed E-state index contributed by atoms with van der Waals surface area (Å²) in [4.78, 5) is 13.9. The van der Waals surface area contributed by atoms with Crippen LogP contribution >= 0.6 is 0 Å². The van der Waals surface area contributed by atoms with Crippen LogP contribution in [0.25, 0.3) is 0 Å². The highest BCUT2D eigenvalue weighted by Gasteiger charge is 2.11. The van der Waals surface area contributed by atoms with Crippen molar-refractivity contribution in [1.29, 1.82) is 0 Å². The molecule has 0 aromatic carbocycles. The molecule has 3 nitrogen and oxygen atoms in total. The normalized spacial score (nSPS) is 18.4. The van der Waals surface area contributed by atoms with E-state index in [9.17, 15) is 4.79 Å². The molecule has 0 aliphatic carbocycles. The van der Waals surface area contributed by atoms with Crippen LogP contribution in [-0.2, 0) is 4.79 Å². The number of allylic oxidation sites excluding steroid dienone is 1. The Kier molecular flexibility index (Phi) is 6.28. The minimum atomic E-state index is 0.374. The van der Waals surface area contributed by atoms with Gasteiger partial charge in [0, 0.05) is 19.5 Å². The molecule has 0 unspecified atom stereocenters. The van der Waals surface area contributed by atoms with E-state index in [1.54, 1.807) is 0 Å². The van der Waals surface area contributed by atoms with Crippen molar-refractivity contribution in [2.24, 2.45) is 0 Å². The predicted octanol–water partition coefficient (Wildman–Crippen LogP) is 1.21. The molecular formula is C12H22N2O. The van der Waals surface area contributed by atoms with Gasteiger partial charge < -0.3 is 5.32 Å². The van der Waals surface area contributed by atoms with Crippen LogP contribution in [0.5, 0.6) is 0 Å². The summed E-state index contributed by atoms with van der Waals surface area (Å²) in [5.74, 6) is 0.374. The first-order valence-electron chi connectivity index (χ1n) is 5.88. The third-order valence-corrected chi connectivity index (χ3v) is 2.70. The van der Waals surface area contributed by atoms with E-state index < -0.39 is 0 Å². The molecule has 1 N–H and O–H groups in total. The lowest BCUT2D eigenvalue weighted by molar-refractivity contribution is -0.120. The van der Waals surface area contributed by atoms with Gasteiger partial charge in [-0.25, -0.2) is 0 Å². The van der Waals surface area contributed by atoms with Crippen LogP contribution in [0.2, 0.25) is 0 Å². The predicted molar refractivity (Wildman–Crippen MR) is 63.0 cm³/mol. The molecule has 0 aromatic rings. The fraction of sp³-hybridized carbons (Fsp3) is 0.750. The van der Waals surface area contributed by atoms with Crippen LogP contribution in [0, 0.1) is 0 Å². The molecule has 1 saturated heterocycles. The highest BCUT2D eigenvalue weighted by Crippen LogP contribution is 2.01. The van der Waals surface area contributed by atoms with Gasteiger partial charge in [-0.2, -0.15) is 0 Å². The summed E-state index contributed by atoms with van der Waals surface area (Å²) in [6.07, 6.45) is 5.64. The fourth-order valence-corrected chi connectivity index (χ4v) is 1.83. The summed E-state index contributed by atoms with van der Waals surface area (Å²) in [5.41, 5.74) is 0. The van der Waals surface area contributed by atoms with E-state index in [2.05, 4.69) is 16.8 Å². The topological polar surface area (TPSA) is 32.3 Å². The maximum absolute atomic E-state index is 11.6. The van der Waals surface area contributed by atoms with Crippen molar-refractivity contribution >= 4 is 5.78 Å². The number of carbonyl (C=O) groups excluding carboxylic acids is 1.